The molecule has 9 nitrogen and oxygen atoms in total. The van der Waals surface area contributed by atoms with Gasteiger partial charge in [-0.05, 0) is 23.8 Å². The molecule has 3 aromatic rings. The Balaban J connectivity index is 1.78. The van der Waals surface area contributed by atoms with Crippen molar-refractivity contribution in [2.24, 2.45) is 0 Å². The van der Waals surface area contributed by atoms with E-state index < -0.39 is 27.1 Å². The molecule has 2 N–H and O–H groups in total. The number of benzene rings is 2. The van der Waals surface area contributed by atoms with E-state index in [2.05, 4.69) is 26.2 Å². The van der Waals surface area contributed by atoms with E-state index in [0.29, 0.717) is 0 Å². The van der Waals surface area contributed by atoms with Crippen LogP contribution in [-0.2, 0) is 0 Å². The van der Waals surface area contributed by atoms with E-state index in [1.165, 1.54) is 0 Å². The molecule has 1 heterocycles. The summed E-state index contributed by atoms with van der Waals surface area (Å²) in [5.41, 5.74) is 0.824. The van der Waals surface area contributed by atoms with Crippen molar-refractivity contribution >= 4 is 44.1 Å². The number of carbonyl (C=O) groups is 1. The molecule has 0 spiro atoms. The molecule has 3 rings (SSSR count). The molecule has 0 fully saturated rings. The minimum Gasteiger partial charge on any atom is -0.361 e. The van der Waals surface area contributed by atoms with E-state index in [-0.39, 0.29) is 18.0 Å². The van der Waals surface area contributed by atoms with Gasteiger partial charge in [-0.25, -0.2) is 0 Å². The highest BCUT2D eigenvalue weighted by atomic mass is 79.9. The number of rotatable bonds is 6. The van der Waals surface area contributed by atoms with Crippen LogP contribution in [0.1, 0.15) is 28.8 Å². The first-order valence-electron chi connectivity index (χ1n) is 8.25. The van der Waals surface area contributed by atoms with Crippen LogP contribution in [0, 0.1) is 20.2 Å². The average Bonchev–Trinajstić information content (AvgIpc) is 3.08. The second kappa shape index (κ2) is 7.77. The molecule has 0 radical (unpaired) electrons. The van der Waals surface area contributed by atoms with Gasteiger partial charge in [0.2, 0.25) is 0 Å². The standard InChI is InChI=1S/C18H15BrN4O5/c1-10(16-9-20-17-3-2-12(19)6-15(16)17)8-21-18(24)11-4-13(22(25)26)7-14(5-11)23(27)28/h2-7,9-10,20H,8H2,1H3,(H,21,24)/t10-/m1/s1. The van der Waals surface area contributed by atoms with Gasteiger partial charge in [0.25, 0.3) is 17.3 Å². The zero-order valence-corrected chi connectivity index (χ0v) is 16.2. The van der Waals surface area contributed by atoms with Crippen LogP contribution in [-0.4, -0.2) is 27.3 Å². The molecule has 0 aliphatic heterocycles. The normalized spacial score (nSPS) is 11.9. The van der Waals surface area contributed by atoms with Crippen LogP contribution in [0.25, 0.3) is 10.9 Å². The Morgan fingerprint density at radius 3 is 2.39 bits per heavy atom. The minimum atomic E-state index is -0.768. The predicted octanol–water partition coefficient (Wildman–Crippen LogP) is 4.28. The minimum absolute atomic E-state index is 0.0549. The van der Waals surface area contributed by atoms with Gasteiger partial charge in [-0.15, -0.1) is 0 Å². The number of hydrogen-bond donors (Lipinski definition) is 2. The summed E-state index contributed by atoms with van der Waals surface area (Å²) < 4.78 is 0.931. The molecule has 1 aromatic heterocycles. The third kappa shape index (κ3) is 4.01. The number of non-ortho nitro benzene ring substituents is 2. The molecule has 0 unspecified atom stereocenters. The zero-order valence-electron chi connectivity index (χ0n) is 14.6. The van der Waals surface area contributed by atoms with E-state index in [1.807, 2.05) is 31.3 Å². The van der Waals surface area contributed by atoms with Crippen LogP contribution in [0.4, 0.5) is 11.4 Å². The summed E-state index contributed by atoms with van der Waals surface area (Å²) in [6.07, 6.45) is 1.87. The van der Waals surface area contributed by atoms with Crippen molar-refractivity contribution in [3.05, 3.63) is 78.4 Å². The van der Waals surface area contributed by atoms with Crippen molar-refractivity contribution in [3.8, 4) is 0 Å². The Labute approximate surface area is 167 Å². The van der Waals surface area contributed by atoms with E-state index in [9.17, 15) is 25.0 Å². The molecule has 10 heteroatoms. The largest absolute Gasteiger partial charge is 0.361 e. The van der Waals surface area contributed by atoms with Crippen molar-refractivity contribution in [1.82, 2.24) is 10.3 Å². The number of halogens is 1. The lowest BCUT2D eigenvalue weighted by Crippen LogP contribution is -2.27. The SMILES string of the molecule is C[C@H](CNC(=O)c1cc([N+](=O)[O-])cc([N+](=O)[O-])c1)c1c[nH]c2ccc(Br)cc12. The highest BCUT2D eigenvalue weighted by Crippen LogP contribution is 2.28. The maximum atomic E-state index is 12.4. The summed E-state index contributed by atoms with van der Waals surface area (Å²) in [7, 11) is 0. The average molecular weight is 447 g/mol. The third-order valence-electron chi connectivity index (χ3n) is 4.36. The van der Waals surface area contributed by atoms with Crippen LogP contribution < -0.4 is 5.32 Å². The lowest BCUT2D eigenvalue weighted by atomic mass is 10.0. The Hall–Kier alpha value is -3.27. The molecule has 0 aliphatic rings. The Bertz CT molecular complexity index is 1060. The van der Waals surface area contributed by atoms with Gasteiger partial charge in [-0.2, -0.15) is 0 Å². The van der Waals surface area contributed by atoms with Gasteiger partial charge in [-0.1, -0.05) is 22.9 Å². The smallest absolute Gasteiger partial charge is 0.277 e. The molecule has 0 bridgehead atoms. The third-order valence-corrected chi connectivity index (χ3v) is 4.86. The van der Waals surface area contributed by atoms with Crippen molar-refractivity contribution in [3.63, 3.8) is 0 Å². The summed E-state index contributed by atoms with van der Waals surface area (Å²) in [6, 6.07) is 8.71. The highest BCUT2D eigenvalue weighted by Gasteiger charge is 2.20. The molecule has 1 atom stereocenters. The van der Waals surface area contributed by atoms with Gasteiger partial charge in [0.05, 0.1) is 21.5 Å². The second-order valence-electron chi connectivity index (χ2n) is 6.30. The number of nitro benzene ring substituents is 2. The highest BCUT2D eigenvalue weighted by molar-refractivity contribution is 9.10. The monoisotopic (exact) mass is 446 g/mol. The number of H-pyrrole nitrogens is 1. The Kier molecular flexibility index (Phi) is 5.41. The Morgan fingerprint density at radius 2 is 1.79 bits per heavy atom. The molecular weight excluding hydrogens is 432 g/mol. The van der Waals surface area contributed by atoms with Crippen LogP contribution in [0.2, 0.25) is 0 Å². The number of hydrogen-bond acceptors (Lipinski definition) is 5. The fourth-order valence-electron chi connectivity index (χ4n) is 2.92. The maximum Gasteiger partial charge on any atom is 0.277 e. The van der Waals surface area contributed by atoms with Crippen LogP contribution in [0.5, 0.6) is 0 Å². The van der Waals surface area contributed by atoms with Crippen LogP contribution in [0.3, 0.4) is 0 Å². The van der Waals surface area contributed by atoms with Gasteiger partial charge in [-0.3, -0.25) is 25.0 Å². The summed E-state index contributed by atoms with van der Waals surface area (Å²) >= 11 is 3.44. The molecule has 28 heavy (non-hydrogen) atoms. The molecule has 2 aromatic carbocycles. The molecule has 0 saturated heterocycles. The molecule has 1 amide bonds. The van der Waals surface area contributed by atoms with Crippen LogP contribution in [0.15, 0.2) is 47.1 Å². The quantitative estimate of drug-likeness (QED) is 0.430. The van der Waals surface area contributed by atoms with Crippen LogP contribution >= 0.6 is 15.9 Å². The van der Waals surface area contributed by atoms with Gasteiger partial charge in [0, 0.05) is 46.2 Å². The summed E-state index contributed by atoms with van der Waals surface area (Å²) in [5.74, 6) is -0.666. The van der Waals surface area contributed by atoms with E-state index in [1.54, 1.807) is 0 Å². The fourth-order valence-corrected chi connectivity index (χ4v) is 3.28. The molecular formula is C18H15BrN4O5. The van der Waals surface area contributed by atoms with Gasteiger partial charge >= 0.3 is 0 Å². The van der Waals surface area contributed by atoms with Crippen molar-refractivity contribution in [2.75, 3.05) is 6.54 Å². The van der Waals surface area contributed by atoms with E-state index in [0.717, 1.165) is 39.1 Å². The lowest BCUT2D eigenvalue weighted by Gasteiger charge is -2.12. The first-order valence-corrected chi connectivity index (χ1v) is 9.04. The fraction of sp³-hybridized carbons (Fsp3) is 0.167. The maximum absolute atomic E-state index is 12.4. The number of carbonyl (C=O) groups excluding carboxylic acids is 1. The van der Waals surface area contributed by atoms with Gasteiger partial charge < -0.3 is 10.3 Å². The molecule has 0 aliphatic carbocycles. The topological polar surface area (TPSA) is 131 Å². The Morgan fingerprint density at radius 1 is 1.14 bits per heavy atom. The van der Waals surface area contributed by atoms with E-state index in [4.69, 9.17) is 0 Å². The predicted molar refractivity (Wildman–Crippen MR) is 106 cm³/mol. The number of nitrogens with zero attached hydrogens (tertiary/aromatic N) is 2. The number of nitro groups is 2. The van der Waals surface area contributed by atoms with Crippen molar-refractivity contribution < 1.29 is 14.6 Å². The molecule has 144 valence electrons. The number of nitrogens with one attached hydrogen (secondary N) is 2. The van der Waals surface area contributed by atoms with Gasteiger partial charge in [0.15, 0.2) is 0 Å². The van der Waals surface area contributed by atoms with Gasteiger partial charge in [0.1, 0.15) is 0 Å². The number of fused-ring (bicyclic) bond motifs is 1. The van der Waals surface area contributed by atoms with Crippen molar-refractivity contribution in [2.45, 2.75) is 12.8 Å². The summed E-state index contributed by atoms with van der Waals surface area (Å²) in [5, 5.41) is 25.6. The molecule has 0 saturated carbocycles. The number of amides is 1. The lowest BCUT2D eigenvalue weighted by molar-refractivity contribution is -0.394. The second-order valence-corrected chi connectivity index (χ2v) is 7.21. The first-order chi connectivity index (χ1) is 13.3. The summed E-state index contributed by atoms with van der Waals surface area (Å²) in [4.78, 5) is 36.0. The number of aromatic nitrogens is 1. The van der Waals surface area contributed by atoms with Crippen molar-refractivity contribution in [1.29, 1.82) is 0 Å². The summed E-state index contributed by atoms with van der Waals surface area (Å²) in [6.45, 7) is 2.19. The van der Waals surface area contributed by atoms with E-state index >= 15 is 0 Å². The number of aromatic amines is 1. The first kappa shape index (κ1) is 19.5. The zero-order chi connectivity index (χ0) is 20.4.